The first-order valence-corrected chi connectivity index (χ1v) is 10.7. The molecule has 0 aliphatic carbocycles. The van der Waals surface area contributed by atoms with E-state index in [1.165, 1.54) is 0 Å². The minimum Gasteiger partial charge on any atom is -0.355 e. The zero-order chi connectivity index (χ0) is 19.8. The van der Waals surface area contributed by atoms with Gasteiger partial charge in [-0.2, -0.15) is 0 Å². The summed E-state index contributed by atoms with van der Waals surface area (Å²) >= 11 is 0. The van der Waals surface area contributed by atoms with Crippen LogP contribution in [-0.2, 0) is 6.42 Å². The molecule has 0 atom stereocenters. The molecule has 3 aromatic heterocycles. The summed E-state index contributed by atoms with van der Waals surface area (Å²) in [5, 5.41) is 0. The van der Waals surface area contributed by atoms with Crippen molar-refractivity contribution >= 4 is 33.7 Å². The number of hydrogen-bond donors (Lipinski definition) is 0. The van der Waals surface area contributed by atoms with Crippen LogP contribution in [0.25, 0.3) is 27.8 Å². The Balaban J connectivity index is 1.71. The first-order chi connectivity index (χ1) is 14.2. The van der Waals surface area contributed by atoms with Gasteiger partial charge >= 0.3 is 0 Å². The number of pyridine rings is 1. The molecule has 6 nitrogen and oxygen atoms in total. The van der Waals surface area contributed by atoms with Crippen molar-refractivity contribution in [3.63, 3.8) is 0 Å². The van der Waals surface area contributed by atoms with Crippen LogP contribution in [0.15, 0.2) is 36.4 Å². The number of nitrogens with zero attached hydrogens (tertiary/aromatic N) is 6. The number of rotatable bonds is 4. The molecule has 1 saturated heterocycles. The molecule has 1 aliphatic rings. The van der Waals surface area contributed by atoms with Crippen molar-refractivity contribution in [1.29, 1.82) is 0 Å². The number of unbranched alkanes of at least 4 members (excludes halogenated alkanes) is 1. The second-order valence-electron chi connectivity index (χ2n) is 8.08. The maximum Gasteiger partial charge on any atom is 0.167 e. The van der Waals surface area contributed by atoms with E-state index >= 15 is 0 Å². The van der Waals surface area contributed by atoms with E-state index in [1.807, 2.05) is 6.07 Å². The third-order valence-corrected chi connectivity index (χ3v) is 5.94. The fourth-order valence-electron chi connectivity index (χ4n) is 4.28. The monoisotopic (exact) mass is 388 g/mol. The number of likely N-dealkylation sites (N-methyl/N-ethyl adjacent to an activating group) is 1. The highest BCUT2D eigenvalue weighted by molar-refractivity contribution is 5.88. The molecule has 1 aliphatic heterocycles. The van der Waals surface area contributed by atoms with Gasteiger partial charge in [-0.15, -0.1) is 0 Å². The predicted molar refractivity (Wildman–Crippen MR) is 119 cm³/mol. The van der Waals surface area contributed by atoms with Gasteiger partial charge in [0.2, 0.25) is 0 Å². The molecule has 0 unspecified atom stereocenters. The molecule has 0 bridgehead atoms. The highest BCUT2D eigenvalue weighted by atomic mass is 15.2. The molecule has 5 rings (SSSR count). The third kappa shape index (κ3) is 3.31. The van der Waals surface area contributed by atoms with Crippen molar-refractivity contribution < 1.29 is 0 Å². The van der Waals surface area contributed by atoms with Crippen molar-refractivity contribution in [2.24, 2.45) is 0 Å². The largest absolute Gasteiger partial charge is 0.355 e. The van der Waals surface area contributed by atoms with Crippen molar-refractivity contribution in [2.75, 3.05) is 38.1 Å². The lowest BCUT2D eigenvalue weighted by molar-refractivity contribution is 0.360. The first-order valence-electron chi connectivity index (χ1n) is 10.7. The summed E-state index contributed by atoms with van der Waals surface area (Å²) in [7, 11) is 2.19. The van der Waals surface area contributed by atoms with Crippen molar-refractivity contribution in [1.82, 2.24) is 24.3 Å². The minimum absolute atomic E-state index is 0.907. The van der Waals surface area contributed by atoms with E-state index in [0.717, 1.165) is 91.2 Å². The van der Waals surface area contributed by atoms with E-state index in [-0.39, 0.29) is 0 Å². The van der Waals surface area contributed by atoms with Gasteiger partial charge in [-0.05, 0) is 57.1 Å². The summed E-state index contributed by atoms with van der Waals surface area (Å²) < 4.78 is 2.22. The van der Waals surface area contributed by atoms with Crippen LogP contribution in [0.3, 0.4) is 0 Å². The van der Waals surface area contributed by atoms with Gasteiger partial charge < -0.3 is 9.80 Å². The Labute approximate surface area is 171 Å². The average molecular weight is 389 g/mol. The summed E-state index contributed by atoms with van der Waals surface area (Å²) in [6, 6.07) is 12.6. The lowest BCUT2D eigenvalue weighted by Gasteiger charge is -2.22. The number of anilines is 1. The van der Waals surface area contributed by atoms with Gasteiger partial charge in [0.1, 0.15) is 11.3 Å². The topological polar surface area (TPSA) is 49.6 Å². The Morgan fingerprint density at radius 2 is 1.76 bits per heavy atom. The van der Waals surface area contributed by atoms with Gasteiger partial charge in [0.05, 0.1) is 16.7 Å². The summed E-state index contributed by atoms with van der Waals surface area (Å²) in [6.07, 6.45) is 4.37. The Morgan fingerprint density at radius 1 is 0.862 bits per heavy atom. The standard InChI is InChI=1S/C23H28N6/c1-3-4-8-18-22-25-17-9-5-6-10-20(17)29(22)23-19(24-18)11-12-21(26-23)28-14-7-13-27(2)15-16-28/h5-6,9-12H,3-4,7-8,13-16H2,1-2H3. The molecule has 29 heavy (non-hydrogen) atoms. The molecule has 4 aromatic rings. The smallest absolute Gasteiger partial charge is 0.167 e. The van der Waals surface area contributed by atoms with Gasteiger partial charge in [0, 0.05) is 19.6 Å². The summed E-state index contributed by atoms with van der Waals surface area (Å²) in [4.78, 5) is 19.8. The van der Waals surface area contributed by atoms with E-state index in [1.54, 1.807) is 0 Å². The fourth-order valence-corrected chi connectivity index (χ4v) is 4.28. The molecule has 4 heterocycles. The predicted octanol–water partition coefficient (Wildman–Crippen LogP) is 3.92. The summed E-state index contributed by atoms with van der Waals surface area (Å²) in [5.41, 5.74) is 5.98. The number of imidazole rings is 1. The molecule has 0 radical (unpaired) electrons. The van der Waals surface area contributed by atoms with Gasteiger partial charge in [-0.1, -0.05) is 25.5 Å². The molecule has 0 N–H and O–H groups in total. The SMILES string of the molecule is CCCCc1nc2ccc(N3CCCN(C)CC3)nc2n2c1nc1ccccc12. The zero-order valence-electron chi connectivity index (χ0n) is 17.3. The quantitative estimate of drug-likeness (QED) is 0.530. The Kier molecular flexibility index (Phi) is 4.79. The lowest BCUT2D eigenvalue weighted by Crippen LogP contribution is -2.29. The van der Waals surface area contributed by atoms with Crippen LogP contribution in [-0.4, -0.2) is 57.5 Å². The molecule has 0 spiro atoms. The van der Waals surface area contributed by atoms with E-state index in [0.29, 0.717) is 0 Å². The van der Waals surface area contributed by atoms with Gasteiger partial charge in [-0.3, -0.25) is 4.40 Å². The van der Waals surface area contributed by atoms with E-state index < -0.39 is 0 Å². The highest BCUT2D eigenvalue weighted by Gasteiger charge is 2.18. The number of para-hydroxylation sites is 2. The van der Waals surface area contributed by atoms with Crippen LogP contribution in [0.4, 0.5) is 5.82 Å². The Bertz CT molecular complexity index is 1160. The molecule has 150 valence electrons. The molecular weight excluding hydrogens is 360 g/mol. The zero-order valence-corrected chi connectivity index (χ0v) is 17.3. The first kappa shape index (κ1) is 18.3. The van der Waals surface area contributed by atoms with Crippen LogP contribution < -0.4 is 4.90 Å². The summed E-state index contributed by atoms with van der Waals surface area (Å²) in [5.74, 6) is 1.04. The fraction of sp³-hybridized carbons (Fsp3) is 0.435. The number of fused-ring (bicyclic) bond motifs is 5. The Morgan fingerprint density at radius 3 is 2.66 bits per heavy atom. The average Bonchev–Trinajstić information content (AvgIpc) is 3.01. The van der Waals surface area contributed by atoms with Gasteiger partial charge in [0.25, 0.3) is 0 Å². The van der Waals surface area contributed by atoms with Crippen molar-refractivity contribution in [3.8, 4) is 0 Å². The molecule has 1 aromatic carbocycles. The number of hydrogen-bond acceptors (Lipinski definition) is 5. The number of benzene rings is 1. The van der Waals surface area contributed by atoms with Crippen LogP contribution in [0.2, 0.25) is 0 Å². The van der Waals surface area contributed by atoms with E-state index in [2.05, 4.69) is 58.5 Å². The maximum atomic E-state index is 5.11. The molecule has 1 fully saturated rings. The number of aryl methyl sites for hydroxylation is 1. The van der Waals surface area contributed by atoms with Crippen LogP contribution in [0, 0.1) is 0 Å². The van der Waals surface area contributed by atoms with Crippen LogP contribution in [0.1, 0.15) is 31.9 Å². The Hall–Kier alpha value is -2.73. The lowest BCUT2D eigenvalue weighted by atomic mass is 10.2. The van der Waals surface area contributed by atoms with Crippen LogP contribution >= 0.6 is 0 Å². The normalized spacial score (nSPS) is 16.1. The van der Waals surface area contributed by atoms with Gasteiger partial charge in [0.15, 0.2) is 11.3 Å². The molecule has 6 heteroatoms. The molecule has 0 amide bonds. The highest BCUT2D eigenvalue weighted by Crippen LogP contribution is 2.26. The van der Waals surface area contributed by atoms with Crippen molar-refractivity contribution in [3.05, 3.63) is 42.1 Å². The van der Waals surface area contributed by atoms with E-state index in [9.17, 15) is 0 Å². The van der Waals surface area contributed by atoms with Crippen molar-refractivity contribution in [2.45, 2.75) is 32.6 Å². The summed E-state index contributed by atoms with van der Waals surface area (Å²) in [6.45, 7) is 6.47. The molecule has 0 saturated carbocycles. The molecular formula is C23H28N6. The number of aromatic nitrogens is 4. The van der Waals surface area contributed by atoms with Crippen LogP contribution in [0.5, 0.6) is 0 Å². The second-order valence-corrected chi connectivity index (χ2v) is 8.08. The third-order valence-electron chi connectivity index (χ3n) is 5.94. The minimum atomic E-state index is 0.907. The van der Waals surface area contributed by atoms with E-state index in [4.69, 9.17) is 15.0 Å². The maximum absolute atomic E-state index is 5.11. The second kappa shape index (κ2) is 7.59. The van der Waals surface area contributed by atoms with Gasteiger partial charge in [-0.25, -0.2) is 15.0 Å².